The van der Waals surface area contributed by atoms with Crippen LogP contribution in [0.4, 0.5) is 0 Å². The van der Waals surface area contributed by atoms with Crippen molar-refractivity contribution < 1.29 is 17.9 Å². The molecule has 0 amide bonds. The van der Waals surface area contributed by atoms with Gasteiger partial charge in [0.25, 0.3) is 0 Å². The van der Waals surface area contributed by atoms with E-state index in [4.69, 9.17) is 15.2 Å². The Morgan fingerprint density at radius 2 is 2.05 bits per heavy atom. The zero-order chi connectivity index (χ0) is 14.2. The first-order chi connectivity index (χ1) is 9.63. The molecular formula is C13H13NO4S2. The molecule has 1 atom stereocenters. The number of sulfone groups is 1. The highest BCUT2D eigenvalue weighted by Crippen LogP contribution is 2.37. The van der Waals surface area contributed by atoms with E-state index in [9.17, 15) is 8.42 Å². The minimum atomic E-state index is -3.48. The lowest BCUT2D eigenvalue weighted by Gasteiger charge is -2.15. The van der Waals surface area contributed by atoms with Crippen LogP contribution in [-0.4, -0.2) is 21.8 Å². The smallest absolute Gasteiger partial charge is 0.231 e. The Bertz CT molecular complexity index is 710. The fraction of sp³-hybridized carbons (Fsp3) is 0.231. The van der Waals surface area contributed by atoms with Crippen LogP contribution in [0.5, 0.6) is 11.5 Å². The predicted molar refractivity (Wildman–Crippen MR) is 75.9 cm³/mol. The molecule has 106 valence electrons. The SMILES string of the molecule is NC[C@@H](c1ccc2c(c1)OCO2)S(=O)(=O)c1cccs1. The number of fused-ring (bicyclic) bond motifs is 1. The average Bonchev–Trinajstić information content (AvgIpc) is 3.10. The third-order valence-corrected chi connectivity index (χ3v) is 6.69. The van der Waals surface area contributed by atoms with Crippen molar-refractivity contribution in [1.29, 1.82) is 0 Å². The summed E-state index contributed by atoms with van der Waals surface area (Å²) < 4.78 is 36.0. The normalized spacial score (nSPS) is 15.2. The minimum absolute atomic E-state index is 0.0138. The first-order valence-corrected chi connectivity index (χ1v) is 8.42. The number of benzene rings is 1. The van der Waals surface area contributed by atoms with E-state index in [-0.39, 0.29) is 13.3 Å². The van der Waals surface area contributed by atoms with Gasteiger partial charge in [-0.2, -0.15) is 0 Å². The standard InChI is InChI=1S/C13H13NO4S2/c14-7-12(20(15,16)13-2-1-5-19-13)9-3-4-10-11(6-9)18-8-17-10/h1-6,12H,7-8,14H2/t12-/m0/s1. The fourth-order valence-corrected chi connectivity index (χ4v) is 4.93. The van der Waals surface area contributed by atoms with Gasteiger partial charge in [-0.3, -0.25) is 0 Å². The highest BCUT2D eigenvalue weighted by Gasteiger charge is 2.30. The van der Waals surface area contributed by atoms with Crippen LogP contribution in [0, 0.1) is 0 Å². The second-order valence-electron chi connectivity index (χ2n) is 4.31. The van der Waals surface area contributed by atoms with Gasteiger partial charge in [0, 0.05) is 6.54 Å². The van der Waals surface area contributed by atoms with E-state index in [1.807, 2.05) is 0 Å². The predicted octanol–water partition coefficient (Wildman–Crippen LogP) is 1.95. The van der Waals surface area contributed by atoms with Gasteiger partial charge < -0.3 is 15.2 Å². The topological polar surface area (TPSA) is 78.6 Å². The molecule has 0 spiro atoms. The third kappa shape index (κ3) is 2.17. The summed E-state index contributed by atoms with van der Waals surface area (Å²) in [5, 5.41) is 0.954. The first kappa shape index (κ1) is 13.4. The Labute approximate surface area is 120 Å². The van der Waals surface area contributed by atoms with Gasteiger partial charge in [-0.1, -0.05) is 12.1 Å². The summed E-state index contributed by atoms with van der Waals surface area (Å²) in [6.45, 7) is 0.170. The lowest BCUT2D eigenvalue weighted by atomic mass is 10.1. The Hall–Kier alpha value is -1.57. The van der Waals surface area contributed by atoms with Crippen LogP contribution in [0.2, 0.25) is 0 Å². The van der Waals surface area contributed by atoms with E-state index in [0.717, 1.165) is 0 Å². The monoisotopic (exact) mass is 311 g/mol. The molecule has 0 unspecified atom stereocenters. The van der Waals surface area contributed by atoms with Crippen LogP contribution in [0.25, 0.3) is 0 Å². The molecule has 0 radical (unpaired) electrons. The lowest BCUT2D eigenvalue weighted by molar-refractivity contribution is 0.174. The molecule has 2 heterocycles. The van der Waals surface area contributed by atoms with E-state index in [2.05, 4.69) is 0 Å². The number of nitrogens with two attached hydrogens (primary N) is 1. The largest absolute Gasteiger partial charge is 0.454 e. The Balaban J connectivity index is 2.02. The zero-order valence-electron chi connectivity index (χ0n) is 10.5. The number of rotatable bonds is 4. The molecular weight excluding hydrogens is 298 g/mol. The van der Waals surface area contributed by atoms with Gasteiger partial charge in [-0.15, -0.1) is 11.3 Å². The Morgan fingerprint density at radius 1 is 1.25 bits per heavy atom. The highest BCUT2D eigenvalue weighted by atomic mass is 32.2. The van der Waals surface area contributed by atoms with Crippen LogP contribution in [0.1, 0.15) is 10.8 Å². The summed E-state index contributed by atoms with van der Waals surface area (Å²) in [4.78, 5) is 0. The molecule has 0 saturated heterocycles. The Morgan fingerprint density at radius 3 is 2.75 bits per heavy atom. The van der Waals surface area contributed by atoms with Gasteiger partial charge in [0.05, 0.1) is 0 Å². The van der Waals surface area contributed by atoms with Gasteiger partial charge in [0.15, 0.2) is 21.3 Å². The Kier molecular flexibility index (Phi) is 3.41. The first-order valence-electron chi connectivity index (χ1n) is 6.00. The summed E-state index contributed by atoms with van der Waals surface area (Å²) in [5.41, 5.74) is 6.31. The number of hydrogen-bond acceptors (Lipinski definition) is 6. The summed E-state index contributed by atoms with van der Waals surface area (Å²) in [7, 11) is -3.48. The van der Waals surface area contributed by atoms with Crippen molar-refractivity contribution >= 4 is 21.2 Å². The van der Waals surface area contributed by atoms with E-state index in [1.165, 1.54) is 11.3 Å². The molecule has 0 fully saturated rings. The van der Waals surface area contributed by atoms with Crippen LogP contribution in [0.15, 0.2) is 39.9 Å². The average molecular weight is 311 g/mol. The van der Waals surface area contributed by atoms with E-state index in [1.54, 1.807) is 35.7 Å². The van der Waals surface area contributed by atoms with Crippen molar-refractivity contribution in [2.45, 2.75) is 9.46 Å². The summed E-state index contributed by atoms with van der Waals surface area (Å²) in [6.07, 6.45) is 0. The van der Waals surface area contributed by atoms with Crippen LogP contribution >= 0.6 is 11.3 Å². The lowest BCUT2D eigenvalue weighted by Crippen LogP contribution is -2.21. The maximum atomic E-state index is 12.6. The molecule has 1 aromatic heterocycles. The summed E-state index contributed by atoms with van der Waals surface area (Å²) in [5.74, 6) is 1.18. The maximum Gasteiger partial charge on any atom is 0.231 e. The molecule has 0 aliphatic carbocycles. The number of ether oxygens (including phenoxy) is 2. The van der Waals surface area contributed by atoms with Crippen LogP contribution in [-0.2, 0) is 9.84 Å². The van der Waals surface area contributed by atoms with Crippen molar-refractivity contribution in [2.24, 2.45) is 5.73 Å². The second kappa shape index (κ2) is 5.08. The molecule has 20 heavy (non-hydrogen) atoms. The molecule has 2 aromatic rings. The van der Waals surface area contributed by atoms with Crippen LogP contribution < -0.4 is 15.2 Å². The number of hydrogen-bond donors (Lipinski definition) is 1. The third-order valence-electron chi connectivity index (χ3n) is 3.13. The maximum absolute atomic E-state index is 12.6. The molecule has 2 N–H and O–H groups in total. The van der Waals surface area contributed by atoms with Crippen LogP contribution in [0.3, 0.4) is 0 Å². The second-order valence-corrected chi connectivity index (χ2v) is 7.62. The molecule has 3 rings (SSSR count). The van der Waals surface area contributed by atoms with E-state index in [0.29, 0.717) is 21.3 Å². The van der Waals surface area contributed by atoms with Gasteiger partial charge in [-0.05, 0) is 29.1 Å². The van der Waals surface area contributed by atoms with Crippen molar-refractivity contribution in [2.75, 3.05) is 13.3 Å². The van der Waals surface area contributed by atoms with Gasteiger partial charge in [0.1, 0.15) is 9.46 Å². The molecule has 7 heteroatoms. The van der Waals surface area contributed by atoms with E-state index >= 15 is 0 Å². The molecule has 0 bridgehead atoms. The highest BCUT2D eigenvalue weighted by molar-refractivity contribution is 7.93. The van der Waals surface area contributed by atoms with Gasteiger partial charge in [-0.25, -0.2) is 8.42 Å². The number of thiophene rings is 1. The molecule has 1 aliphatic heterocycles. The summed E-state index contributed by atoms with van der Waals surface area (Å²) >= 11 is 1.19. The molecule has 1 aromatic carbocycles. The van der Waals surface area contributed by atoms with E-state index < -0.39 is 15.1 Å². The molecule has 5 nitrogen and oxygen atoms in total. The van der Waals surface area contributed by atoms with Crippen molar-refractivity contribution in [3.05, 3.63) is 41.3 Å². The molecule has 1 aliphatic rings. The van der Waals surface area contributed by atoms with Crippen molar-refractivity contribution in [3.8, 4) is 11.5 Å². The molecule has 0 saturated carbocycles. The quantitative estimate of drug-likeness (QED) is 0.933. The van der Waals surface area contributed by atoms with Gasteiger partial charge >= 0.3 is 0 Å². The zero-order valence-corrected chi connectivity index (χ0v) is 12.1. The summed E-state index contributed by atoms with van der Waals surface area (Å²) in [6, 6.07) is 8.42. The fourth-order valence-electron chi connectivity index (χ4n) is 2.12. The van der Waals surface area contributed by atoms with Crippen molar-refractivity contribution in [1.82, 2.24) is 0 Å². The van der Waals surface area contributed by atoms with Crippen molar-refractivity contribution in [3.63, 3.8) is 0 Å². The minimum Gasteiger partial charge on any atom is -0.454 e. The van der Waals surface area contributed by atoms with Gasteiger partial charge in [0.2, 0.25) is 6.79 Å².